The van der Waals surface area contributed by atoms with Crippen molar-refractivity contribution < 1.29 is 18.4 Å². The molecular formula is C18H15F2N3O2S. The lowest BCUT2D eigenvalue weighted by Gasteiger charge is -2.29. The second kappa shape index (κ2) is 6.84. The number of carbonyl (C=O) groups is 2. The maximum atomic E-state index is 13.1. The van der Waals surface area contributed by atoms with Gasteiger partial charge in [0.1, 0.15) is 5.41 Å². The number of halogens is 2. The van der Waals surface area contributed by atoms with Crippen molar-refractivity contribution in [2.45, 2.75) is 24.7 Å². The number of nitriles is 1. The van der Waals surface area contributed by atoms with Crippen molar-refractivity contribution >= 4 is 28.0 Å². The minimum absolute atomic E-state index is 0.0681. The Labute approximate surface area is 152 Å². The molecule has 26 heavy (non-hydrogen) atoms. The van der Waals surface area contributed by atoms with Crippen LogP contribution in [0.25, 0.3) is 0 Å². The van der Waals surface area contributed by atoms with Crippen molar-refractivity contribution in [2.24, 2.45) is 0 Å². The lowest BCUT2D eigenvalue weighted by Crippen LogP contribution is -2.39. The zero-order valence-corrected chi connectivity index (χ0v) is 14.4. The number of hydrogen-bond acceptors (Lipinski definition) is 5. The molecule has 0 saturated heterocycles. The molecule has 5 nitrogen and oxygen atoms in total. The third-order valence-electron chi connectivity index (χ3n) is 4.48. The van der Waals surface area contributed by atoms with Gasteiger partial charge in [0.15, 0.2) is 5.78 Å². The van der Waals surface area contributed by atoms with Crippen LogP contribution in [-0.4, -0.2) is 24.7 Å². The van der Waals surface area contributed by atoms with Gasteiger partial charge >= 0.3 is 0 Å². The Hall–Kier alpha value is -2.79. The summed E-state index contributed by atoms with van der Waals surface area (Å²) in [7, 11) is 0. The number of anilines is 1. The van der Waals surface area contributed by atoms with Gasteiger partial charge < -0.3 is 11.1 Å². The van der Waals surface area contributed by atoms with E-state index in [2.05, 4.69) is 11.4 Å². The second-order valence-electron chi connectivity index (χ2n) is 5.96. The summed E-state index contributed by atoms with van der Waals surface area (Å²) in [6, 6.07) is 10.9. The summed E-state index contributed by atoms with van der Waals surface area (Å²) < 4.78 is 24.7. The van der Waals surface area contributed by atoms with Crippen LogP contribution in [0.3, 0.4) is 0 Å². The molecule has 3 N–H and O–H groups in total. The first-order chi connectivity index (χ1) is 12.4. The number of amides is 1. The standard InChI is InChI=1S/C18H15F2N3O2S/c19-12(20)8-23-17(25)13-11-6-7-18(9-21,10-4-2-1-3-5-10)15(24)14(11)26-16(13)22/h1-5,12H,6-8,22H2,(H,23,25). The number of nitrogens with one attached hydrogen (secondary N) is 1. The number of nitrogens with zero attached hydrogens (tertiary/aromatic N) is 1. The highest BCUT2D eigenvalue weighted by molar-refractivity contribution is 7.18. The SMILES string of the molecule is N#CC1(c2ccccc2)CCc2c(sc(N)c2C(=O)NCC(F)F)C1=O. The largest absolute Gasteiger partial charge is 0.390 e. The lowest BCUT2D eigenvalue weighted by atomic mass is 9.69. The highest BCUT2D eigenvalue weighted by Crippen LogP contribution is 2.44. The van der Waals surface area contributed by atoms with E-state index in [4.69, 9.17) is 5.73 Å². The molecule has 1 aliphatic carbocycles. The van der Waals surface area contributed by atoms with Crippen LogP contribution in [0.2, 0.25) is 0 Å². The van der Waals surface area contributed by atoms with Crippen LogP contribution in [-0.2, 0) is 11.8 Å². The fourth-order valence-electron chi connectivity index (χ4n) is 3.20. The van der Waals surface area contributed by atoms with Crippen molar-refractivity contribution in [3.05, 3.63) is 51.9 Å². The number of carbonyl (C=O) groups excluding carboxylic acids is 2. The molecule has 1 unspecified atom stereocenters. The first kappa shape index (κ1) is 18.0. The Kier molecular flexibility index (Phi) is 4.74. The van der Waals surface area contributed by atoms with E-state index >= 15 is 0 Å². The van der Waals surface area contributed by atoms with Crippen LogP contribution < -0.4 is 11.1 Å². The molecule has 2 aromatic rings. The van der Waals surface area contributed by atoms with Gasteiger partial charge in [0.05, 0.1) is 28.1 Å². The van der Waals surface area contributed by atoms with E-state index < -0.39 is 30.1 Å². The summed E-state index contributed by atoms with van der Waals surface area (Å²) in [4.78, 5) is 25.6. The summed E-state index contributed by atoms with van der Waals surface area (Å²) in [5.41, 5.74) is 5.66. The van der Waals surface area contributed by atoms with Crippen molar-refractivity contribution in [3.8, 4) is 6.07 Å². The first-order valence-corrected chi connectivity index (χ1v) is 8.71. The van der Waals surface area contributed by atoms with Gasteiger partial charge in [-0.15, -0.1) is 11.3 Å². The van der Waals surface area contributed by atoms with Crippen molar-refractivity contribution in [1.29, 1.82) is 5.26 Å². The molecule has 3 rings (SSSR count). The number of nitrogen functional groups attached to an aromatic ring is 1. The van der Waals surface area contributed by atoms with Gasteiger partial charge in [0.2, 0.25) is 0 Å². The Morgan fingerprint density at radius 3 is 2.69 bits per heavy atom. The first-order valence-electron chi connectivity index (χ1n) is 7.89. The topological polar surface area (TPSA) is 96.0 Å². The molecule has 1 atom stereocenters. The molecule has 0 saturated carbocycles. The van der Waals surface area contributed by atoms with E-state index in [0.717, 1.165) is 11.3 Å². The minimum Gasteiger partial charge on any atom is -0.390 e. The third kappa shape index (κ3) is 2.84. The molecule has 0 bridgehead atoms. The number of rotatable bonds is 4. The maximum Gasteiger partial charge on any atom is 0.255 e. The summed E-state index contributed by atoms with van der Waals surface area (Å²) in [6.45, 7) is -0.789. The van der Waals surface area contributed by atoms with Gasteiger partial charge in [-0.1, -0.05) is 30.3 Å². The summed E-state index contributed by atoms with van der Waals surface area (Å²) in [5, 5.41) is 12.0. The quantitative estimate of drug-likeness (QED) is 0.859. The van der Waals surface area contributed by atoms with Crippen molar-refractivity contribution in [2.75, 3.05) is 12.3 Å². The molecule has 0 spiro atoms. The van der Waals surface area contributed by atoms with Crippen LogP contribution in [0.1, 0.15) is 37.6 Å². The van der Waals surface area contributed by atoms with Gasteiger partial charge in [-0.2, -0.15) is 5.26 Å². The third-order valence-corrected chi connectivity index (χ3v) is 5.54. The predicted octanol–water partition coefficient (Wildman–Crippen LogP) is 2.92. The molecule has 0 radical (unpaired) electrons. The van der Waals surface area contributed by atoms with Crippen LogP contribution in [0.5, 0.6) is 0 Å². The number of benzene rings is 1. The number of fused-ring (bicyclic) bond motifs is 1. The Morgan fingerprint density at radius 2 is 2.08 bits per heavy atom. The molecule has 1 amide bonds. The molecule has 1 heterocycles. The van der Waals surface area contributed by atoms with Crippen LogP contribution in [0.4, 0.5) is 13.8 Å². The number of thiophene rings is 1. The number of ketones is 1. The minimum atomic E-state index is -2.68. The van der Waals surface area contributed by atoms with Gasteiger partial charge in [0.25, 0.3) is 12.3 Å². The van der Waals surface area contributed by atoms with E-state index in [0.29, 0.717) is 11.1 Å². The fraction of sp³-hybridized carbons (Fsp3) is 0.278. The van der Waals surface area contributed by atoms with E-state index in [-0.39, 0.29) is 28.3 Å². The molecular weight excluding hydrogens is 360 g/mol. The van der Waals surface area contributed by atoms with Crippen LogP contribution in [0.15, 0.2) is 30.3 Å². The van der Waals surface area contributed by atoms with E-state index in [1.807, 2.05) is 0 Å². The normalized spacial score (nSPS) is 19.1. The lowest BCUT2D eigenvalue weighted by molar-refractivity contribution is 0.0890. The monoisotopic (exact) mass is 375 g/mol. The van der Waals surface area contributed by atoms with Gasteiger partial charge in [-0.05, 0) is 24.0 Å². The van der Waals surface area contributed by atoms with Crippen LogP contribution >= 0.6 is 11.3 Å². The number of Topliss-reactive ketones (excluding diaryl/α,β-unsaturated/α-hetero) is 1. The zero-order chi connectivity index (χ0) is 18.9. The summed E-state index contributed by atoms with van der Waals surface area (Å²) >= 11 is 0.929. The van der Waals surface area contributed by atoms with E-state index in [1.165, 1.54) is 0 Å². The molecule has 0 fully saturated rings. The average molecular weight is 375 g/mol. The average Bonchev–Trinajstić information content (AvgIpc) is 2.98. The summed E-state index contributed by atoms with van der Waals surface area (Å²) in [6.07, 6.45) is -2.19. The van der Waals surface area contributed by atoms with Gasteiger partial charge in [0, 0.05) is 0 Å². The van der Waals surface area contributed by atoms with Gasteiger partial charge in [-0.25, -0.2) is 8.78 Å². The number of nitrogens with two attached hydrogens (primary N) is 1. The predicted molar refractivity (Wildman–Crippen MR) is 93.5 cm³/mol. The second-order valence-corrected chi connectivity index (χ2v) is 7.01. The molecule has 1 aromatic heterocycles. The number of hydrogen-bond donors (Lipinski definition) is 2. The van der Waals surface area contributed by atoms with E-state index in [1.54, 1.807) is 30.3 Å². The maximum absolute atomic E-state index is 13.1. The molecule has 1 aliphatic rings. The smallest absolute Gasteiger partial charge is 0.255 e. The molecule has 8 heteroatoms. The Morgan fingerprint density at radius 1 is 1.38 bits per heavy atom. The Bertz CT molecular complexity index is 905. The summed E-state index contributed by atoms with van der Waals surface area (Å²) in [5.74, 6) is -1.13. The zero-order valence-electron chi connectivity index (χ0n) is 13.6. The van der Waals surface area contributed by atoms with Crippen molar-refractivity contribution in [1.82, 2.24) is 5.32 Å². The Balaban J connectivity index is 2.01. The molecule has 0 aliphatic heterocycles. The van der Waals surface area contributed by atoms with Crippen LogP contribution in [0, 0.1) is 11.3 Å². The highest BCUT2D eigenvalue weighted by Gasteiger charge is 2.47. The van der Waals surface area contributed by atoms with Crippen molar-refractivity contribution in [3.63, 3.8) is 0 Å². The number of alkyl halides is 2. The van der Waals surface area contributed by atoms with Gasteiger partial charge in [-0.3, -0.25) is 9.59 Å². The highest BCUT2D eigenvalue weighted by atomic mass is 32.1. The fourth-order valence-corrected chi connectivity index (χ4v) is 4.34. The molecule has 134 valence electrons. The van der Waals surface area contributed by atoms with E-state index in [9.17, 15) is 23.6 Å². The molecule has 1 aromatic carbocycles.